The van der Waals surface area contributed by atoms with E-state index in [4.69, 9.17) is 0 Å². The number of rotatable bonds is 8. The minimum atomic E-state index is -0.225. The molecule has 1 aromatic heterocycles. The maximum atomic E-state index is 12.3. The van der Waals surface area contributed by atoms with E-state index in [0.717, 1.165) is 11.1 Å². The van der Waals surface area contributed by atoms with Gasteiger partial charge in [0, 0.05) is 31.5 Å². The smallest absolute Gasteiger partial charge is 0.315 e. The molecule has 25 heavy (non-hydrogen) atoms. The maximum absolute atomic E-state index is 12.3. The monoisotopic (exact) mass is 341 g/mol. The third kappa shape index (κ3) is 5.87. The molecule has 2 aromatic rings. The quantitative estimate of drug-likeness (QED) is 0.690. The highest BCUT2D eigenvalue weighted by Gasteiger charge is 2.18. The molecule has 1 aromatic carbocycles. The number of aromatic nitrogens is 1. The van der Waals surface area contributed by atoms with Crippen LogP contribution < -0.4 is 10.6 Å². The van der Waals surface area contributed by atoms with Crippen LogP contribution in [0.5, 0.6) is 0 Å². The Morgan fingerprint density at radius 1 is 1.12 bits per heavy atom. The molecule has 1 heterocycles. The minimum absolute atomic E-state index is 0.0180. The Hall–Kier alpha value is -2.40. The highest BCUT2D eigenvalue weighted by Crippen LogP contribution is 2.23. The summed E-state index contributed by atoms with van der Waals surface area (Å²) < 4.78 is 0. The fourth-order valence-electron chi connectivity index (χ4n) is 2.88. The molecule has 0 aliphatic carbocycles. The van der Waals surface area contributed by atoms with E-state index < -0.39 is 0 Å². The molecule has 5 nitrogen and oxygen atoms in total. The van der Waals surface area contributed by atoms with Crippen LogP contribution in [0.25, 0.3) is 0 Å². The van der Waals surface area contributed by atoms with Crippen LogP contribution in [0.15, 0.2) is 54.9 Å². The molecule has 0 spiro atoms. The fraction of sp³-hybridized carbons (Fsp3) is 0.400. The average Bonchev–Trinajstić information content (AvgIpc) is 2.63. The molecular formula is C20H27N3O2. The largest absolute Gasteiger partial charge is 0.396 e. The fourth-order valence-corrected chi connectivity index (χ4v) is 2.88. The molecule has 0 fully saturated rings. The zero-order valence-electron chi connectivity index (χ0n) is 14.9. The van der Waals surface area contributed by atoms with Gasteiger partial charge in [-0.2, -0.15) is 0 Å². The molecule has 5 heteroatoms. The first-order chi connectivity index (χ1) is 12.1. The molecule has 134 valence electrons. The van der Waals surface area contributed by atoms with Gasteiger partial charge < -0.3 is 15.7 Å². The minimum Gasteiger partial charge on any atom is -0.396 e. The number of hydrogen-bond donors (Lipinski definition) is 3. The van der Waals surface area contributed by atoms with E-state index >= 15 is 0 Å². The Kier molecular flexibility index (Phi) is 7.41. The van der Waals surface area contributed by atoms with Gasteiger partial charge >= 0.3 is 6.03 Å². The number of urea groups is 1. The lowest BCUT2D eigenvalue weighted by molar-refractivity contribution is 0.228. The molecular weight excluding hydrogens is 314 g/mol. The van der Waals surface area contributed by atoms with E-state index in [0.29, 0.717) is 18.9 Å². The summed E-state index contributed by atoms with van der Waals surface area (Å²) in [5.74, 6) is 0.583. The second kappa shape index (κ2) is 9.79. The molecule has 2 rings (SSSR count). The van der Waals surface area contributed by atoms with Gasteiger partial charge in [-0.1, -0.05) is 50.2 Å². The first kappa shape index (κ1) is 18.9. The number of hydrogen-bond acceptors (Lipinski definition) is 3. The third-order valence-electron chi connectivity index (χ3n) is 4.32. The summed E-state index contributed by atoms with van der Waals surface area (Å²) in [4.78, 5) is 16.5. The lowest BCUT2D eigenvalue weighted by Gasteiger charge is -2.23. The van der Waals surface area contributed by atoms with Crippen LogP contribution >= 0.6 is 0 Å². The highest BCUT2D eigenvalue weighted by molar-refractivity contribution is 5.74. The number of aliphatic hydroxyl groups is 1. The van der Waals surface area contributed by atoms with E-state index in [9.17, 15) is 9.90 Å². The van der Waals surface area contributed by atoms with Crippen molar-refractivity contribution in [2.24, 2.45) is 5.92 Å². The molecule has 2 atom stereocenters. The lowest BCUT2D eigenvalue weighted by Crippen LogP contribution is -2.40. The van der Waals surface area contributed by atoms with Gasteiger partial charge in [0.25, 0.3) is 0 Å². The van der Waals surface area contributed by atoms with Crippen molar-refractivity contribution in [2.45, 2.75) is 32.2 Å². The summed E-state index contributed by atoms with van der Waals surface area (Å²) in [5, 5.41) is 15.2. The molecule has 2 amide bonds. The van der Waals surface area contributed by atoms with Crippen LogP contribution in [-0.4, -0.2) is 29.3 Å². The SMILES string of the molecule is CC(C)C(CNC(=O)N[C@H](CCO)c1ccccc1)c1cccnc1. The number of nitrogens with one attached hydrogen (secondary N) is 2. The first-order valence-electron chi connectivity index (χ1n) is 8.72. The van der Waals surface area contributed by atoms with Gasteiger partial charge in [0.2, 0.25) is 0 Å². The Balaban J connectivity index is 1.95. The Morgan fingerprint density at radius 3 is 2.44 bits per heavy atom. The molecule has 0 saturated heterocycles. The summed E-state index contributed by atoms with van der Waals surface area (Å²) in [5.41, 5.74) is 2.10. The number of benzene rings is 1. The van der Waals surface area contributed by atoms with Crippen LogP contribution in [-0.2, 0) is 0 Å². The van der Waals surface area contributed by atoms with Gasteiger partial charge in [-0.3, -0.25) is 4.98 Å². The highest BCUT2D eigenvalue weighted by atomic mass is 16.3. The Morgan fingerprint density at radius 2 is 1.84 bits per heavy atom. The second-order valence-electron chi connectivity index (χ2n) is 6.47. The predicted molar refractivity (Wildman–Crippen MR) is 99.2 cm³/mol. The van der Waals surface area contributed by atoms with Crippen LogP contribution in [0.1, 0.15) is 43.4 Å². The third-order valence-corrected chi connectivity index (χ3v) is 4.32. The van der Waals surface area contributed by atoms with Gasteiger partial charge in [0.1, 0.15) is 0 Å². The van der Waals surface area contributed by atoms with Gasteiger partial charge in [-0.25, -0.2) is 4.79 Å². The molecule has 0 aliphatic rings. The Bertz CT molecular complexity index is 632. The van der Waals surface area contributed by atoms with Crippen molar-refractivity contribution in [3.63, 3.8) is 0 Å². The number of carbonyl (C=O) groups is 1. The predicted octanol–water partition coefficient (Wildman–Crippen LogP) is 3.24. The van der Waals surface area contributed by atoms with E-state index in [-0.39, 0.29) is 24.6 Å². The zero-order chi connectivity index (χ0) is 18.1. The summed E-state index contributed by atoms with van der Waals surface area (Å²) in [6, 6.07) is 13.2. The van der Waals surface area contributed by atoms with E-state index in [2.05, 4.69) is 29.5 Å². The molecule has 3 N–H and O–H groups in total. The number of nitrogens with zero attached hydrogens (tertiary/aromatic N) is 1. The molecule has 0 radical (unpaired) electrons. The van der Waals surface area contributed by atoms with Crippen molar-refractivity contribution >= 4 is 6.03 Å². The van der Waals surface area contributed by atoms with Crippen molar-refractivity contribution in [1.82, 2.24) is 15.6 Å². The molecule has 0 saturated carbocycles. The van der Waals surface area contributed by atoms with Gasteiger partial charge in [0.05, 0.1) is 6.04 Å². The average molecular weight is 341 g/mol. The summed E-state index contributed by atoms with van der Waals surface area (Å²) in [7, 11) is 0. The summed E-state index contributed by atoms with van der Waals surface area (Å²) in [6.45, 7) is 4.82. The van der Waals surface area contributed by atoms with Gasteiger partial charge in [-0.15, -0.1) is 0 Å². The van der Waals surface area contributed by atoms with Crippen molar-refractivity contribution < 1.29 is 9.90 Å². The normalized spacial score (nSPS) is 13.3. The van der Waals surface area contributed by atoms with E-state index in [1.807, 2.05) is 48.7 Å². The van der Waals surface area contributed by atoms with Crippen molar-refractivity contribution in [3.8, 4) is 0 Å². The second-order valence-corrected chi connectivity index (χ2v) is 6.47. The van der Waals surface area contributed by atoms with Gasteiger partial charge in [0.15, 0.2) is 0 Å². The standard InChI is InChI=1S/C20H27N3O2/c1-15(2)18(17-9-6-11-21-13-17)14-22-20(25)23-19(10-12-24)16-7-4-3-5-8-16/h3-9,11,13,15,18-19,24H,10,12,14H2,1-2H3,(H2,22,23,25)/t18?,19-/m1/s1. The van der Waals surface area contributed by atoms with Crippen molar-refractivity contribution in [2.75, 3.05) is 13.2 Å². The Labute approximate surface area is 149 Å². The topological polar surface area (TPSA) is 74.2 Å². The molecule has 0 aliphatic heterocycles. The van der Waals surface area contributed by atoms with E-state index in [1.165, 1.54) is 0 Å². The number of aliphatic hydroxyl groups excluding tert-OH is 1. The first-order valence-corrected chi connectivity index (χ1v) is 8.72. The molecule has 0 bridgehead atoms. The van der Waals surface area contributed by atoms with Crippen LogP contribution in [0.4, 0.5) is 4.79 Å². The number of carbonyl (C=O) groups excluding carboxylic acids is 1. The number of pyridine rings is 1. The molecule has 1 unspecified atom stereocenters. The van der Waals surface area contributed by atoms with E-state index in [1.54, 1.807) is 6.20 Å². The van der Waals surface area contributed by atoms with Gasteiger partial charge in [-0.05, 0) is 29.5 Å². The van der Waals surface area contributed by atoms with Crippen molar-refractivity contribution in [1.29, 1.82) is 0 Å². The van der Waals surface area contributed by atoms with Crippen LogP contribution in [0, 0.1) is 5.92 Å². The number of amides is 2. The van der Waals surface area contributed by atoms with Crippen molar-refractivity contribution in [3.05, 3.63) is 66.0 Å². The summed E-state index contributed by atoms with van der Waals surface area (Å²) >= 11 is 0. The lowest BCUT2D eigenvalue weighted by atomic mass is 9.89. The maximum Gasteiger partial charge on any atom is 0.315 e. The van der Waals surface area contributed by atoms with Crippen LogP contribution in [0.3, 0.4) is 0 Å². The zero-order valence-corrected chi connectivity index (χ0v) is 14.9. The van der Waals surface area contributed by atoms with Crippen LogP contribution in [0.2, 0.25) is 0 Å². The summed E-state index contributed by atoms with van der Waals surface area (Å²) in [6.07, 6.45) is 4.08.